The number of nitrogens with zero attached hydrogens (tertiary/aromatic N) is 5. The van der Waals surface area contributed by atoms with Crippen molar-refractivity contribution in [2.24, 2.45) is 0 Å². The van der Waals surface area contributed by atoms with Crippen molar-refractivity contribution in [2.75, 3.05) is 32.3 Å². The summed E-state index contributed by atoms with van der Waals surface area (Å²) >= 11 is 1.48. The minimum Gasteiger partial charge on any atom is -0.479 e. The standard InChI is InChI=1S/C25H28N6O6S2/c1-36-10-11-37-25(24(32)33)7-5-15(6-8-25)19-20(39(2,34)35)21(26)31-22(30-19)17(14-29-31)16-3-4-18(28-13-16)23-27-9-12-38-23/h3-4,9,12-15H,5-8,10-11,26H2,1-2H3,(H,32,33)/t15-,25+. The number of carboxylic acids is 1. The Morgan fingerprint density at radius 1 is 1.23 bits per heavy atom. The van der Waals surface area contributed by atoms with E-state index >= 15 is 0 Å². The molecule has 0 aliphatic heterocycles. The van der Waals surface area contributed by atoms with E-state index in [1.54, 1.807) is 18.6 Å². The summed E-state index contributed by atoms with van der Waals surface area (Å²) in [5.74, 6) is -1.42. The Kier molecular flexibility index (Phi) is 7.37. The normalized spacial score (nSPS) is 19.9. The van der Waals surface area contributed by atoms with Crippen LogP contribution in [0.4, 0.5) is 5.82 Å². The van der Waals surface area contributed by atoms with Crippen LogP contribution in [0.5, 0.6) is 0 Å². The average molecular weight is 573 g/mol. The van der Waals surface area contributed by atoms with Crippen molar-refractivity contribution >= 4 is 38.6 Å². The Morgan fingerprint density at radius 2 is 2.00 bits per heavy atom. The number of hydrogen-bond acceptors (Lipinski definition) is 11. The smallest absolute Gasteiger partial charge is 0.335 e. The number of nitrogen functional groups attached to an aromatic ring is 1. The first kappa shape index (κ1) is 27.1. The molecule has 0 radical (unpaired) electrons. The van der Waals surface area contributed by atoms with Crippen molar-refractivity contribution in [3.8, 4) is 21.8 Å². The number of carbonyl (C=O) groups is 1. The molecule has 39 heavy (non-hydrogen) atoms. The van der Waals surface area contributed by atoms with Gasteiger partial charge in [-0.1, -0.05) is 6.07 Å². The molecule has 0 atom stereocenters. The summed E-state index contributed by atoms with van der Waals surface area (Å²) in [7, 11) is -2.27. The van der Waals surface area contributed by atoms with Crippen molar-refractivity contribution in [1.29, 1.82) is 0 Å². The lowest BCUT2D eigenvalue weighted by molar-refractivity contribution is -0.173. The summed E-state index contributed by atoms with van der Waals surface area (Å²) in [5.41, 5.74) is 7.85. The van der Waals surface area contributed by atoms with Gasteiger partial charge in [0.15, 0.2) is 21.1 Å². The van der Waals surface area contributed by atoms with E-state index in [0.717, 1.165) is 22.5 Å². The number of pyridine rings is 1. The molecular formula is C25H28N6O6S2. The van der Waals surface area contributed by atoms with Crippen LogP contribution < -0.4 is 5.73 Å². The van der Waals surface area contributed by atoms with Crippen LogP contribution in [0.2, 0.25) is 0 Å². The molecule has 4 heterocycles. The maximum absolute atomic E-state index is 12.9. The van der Waals surface area contributed by atoms with Gasteiger partial charge in [0.2, 0.25) is 0 Å². The van der Waals surface area contributed by atoms with Crippen LogP contribution in [-0.2, 0) is 24.1 Å². The summed E-state index contributed by atoms with van der Waals surface area (Å²) < 4.78 is 37.8. The Morgan fingerprint density at radius 3 is 2.59 bits per heavy atom. The third kappa shape index (κ3) is 5.12. The summed E-state index contributed by atoms with van der Waals surface area (Å²) in [4.78, 5) is 25.6. The van der Waals surface area contributed by atoms with E-state index in [2.05, 4.69) is 15.1 Å². The Labute approximate surface area is 228 Å². The average Bonchev–Trinajstić information content (AvgIpc) is 3.59. The van der Waals surface area contributed by atoms with Gasteiger partial charge in [0, 0.05) is 48.2 Å². The van der Waals surface area contributed by atoms with E-state index < -0.39 is 21.4 Å². The molecule has 1 aliphatic rings. The van der Waals surface area contributed by atoms with Gasteiger partial charge in [0.1, 0.15) is 15.7 Å². The second kappa shape index (κ2) is 10.6. The molecule has 1 saturated carbocycles. The largest absolute Gasteiger partial charge is 0.479 e. The first-order valence-corrected chi connectivity index (χ1v) is 15.0. The first-order valence-electron chi connectivity index (χ1n) is 12.2. The van der Waals surface area contributed by atoms with Gasteiger partial charge in [0.05, 0.1) is 30.8 Å². The highest BCUT2D eigenvalue weighted by Gasteiger charge is 2.44. The van der Waals surface area contributed by atoms with E-state index in [0.29, 0.717) is 29.7 Å². The van der Waals surface area contributed by atoms with Crippen molar-refractivity contribution in [3.63, 3.8) is 0 Å². The fraction of sp³-hybridized carbons (Fsp3) is 0.400. The number of nitrogens with two attached hydrogens (primary N) is 1. The van der Waals surface area contributed by atoms with Gasteiger partial charge in [-0.2, -0.15) is 9.61 Å². The minimum atomic E-state index is -3.78. The summed E-state index contributed by atoms with van der Waals surface area (Å²) in [6.45, 7) is 0.420. The molecule has 1 aliphatic carbocycles. The van der Waals surface area contributed by atoms with Crippen LogP contribution in [0.1, 0.15) is 37.3 Å². The zero-order valence-electron chi connectivity index (χ0n) is 21.4. The number of anilines is 1. The number of aromatic nitrogens is 5. The maximum Gasteiger partial charge on any atom is 0.335 e. The molecular weight excluding hydrogens is 544 g/mol. The second-order valence-electron chi connectivity index (χ2n) is 9.46. The molecule has 0 aromatic carbocycles. The first-order chi connectivity index (χ1) is 18.6. The molecule has 0 unspecified atom stereocenters. The summed E-state index contributed by atoms with van der Waals surface area (Å²) in [6, 6.07) is 3.73. The highest BCUT2D eigenvalue weighted by molar-refractivity contribution is 7.91. The van der Waals surface area contributed by atoms with Gasteiger partial charge in [-0.25, -0.2) is 23.2 Å². The zero-order valence-corrected chi connectivity index (χ0v) is 23.0. The topological polar surface area (TPSA) is 172 Å². The van der Waals surface area contributed by atoms with Crippen LogP contribution in [0.15, 0.2) is 41.0 Å². The molecule has 5 rings (SSSR count). The molecule has 0 spiro atoms. The molecule has 0 saturated heterocycles. The molecule has 0 amide bonds. The van der Waals surface area contributed by atoms with Crippen LogP contribution in [0.3, 0.4) is 0 Å². The highest BCUT2D eigenvalue weighted by atomic mass is 32.2. The lowest BCUT2D eigenvalue weighted by Crippen LogP contribution is -2.45. The third-order valence-corrected chi connectivity index (χ3v) is 8.95. The van der Waals surface area contributed by atoms with Crippen molar-refractivity contribution in [1.82, 2.24) is 24.6 Å². The van der Waals surface area contributed by atoms with E-state index in [1.807, 2.05) is 17.5 Å². The predicted octanol–water partition coefficient (Wildman–Crippen LogP) is 3.04. The lowest BCUT2D eigenvalue weighted by atomic mass is 9.77. The van der Waals surface area contributed by atoms with Crippen LogP contribution >= 0.6 is 11.3 Å². The molecule has 1 fully saturated rings. The van der Waals surface area contributed by atoms with Crippen molar-refractivity contribution in [3.05, 3.63) is 41.8 Å². The number of aliphatic carboxylic acids is 1. The summed E-state index contributed by atoms with van der Waals surface area (Å²) in [5, 5.41) is 16.9. The van der Waals surface area contributed by atoms with Crippen LogP contribution in [0, 0.1) is 0 Å². The van der Waals surface area contributed by atoms with Crippen LogP contribution in [0.25, 0.3) is 27.5 Å². The summed E-state index contributed by atoms with van der Waals surface area (Å²) in [6.07, 6.45) is 7.17. The Balaban J connectivity index is 1.53. The van der Waals surface area contributed by atoms with Gasteiger partial charge in [-0.15, -0.1) is 11.3 Å². The lowest BCUT2D eigenvalue weighted by Gasteiger charge is -2.36. The number of ether oxygens (including phenoxy) is 2. The molecule has 3 N–H and O–H groups in total. The number of thiazole rings is 1. The number of methoxy groups -OCH3 is 1. The number of sulfone groups is 1. The SMILES string of the molecule is COCCO[C@]1(C(=O)O)CC[C@H](c2nc3c(-c4ccc(-c5nccs5)nc4)cnn3c(N)c2S(C)(=O)=O)CC1. The van der Waals surface area contributed by atoms with E-state index in [4.69, 9.17) is 20.2 Å². The maximum atomic E-state index is 12.9. The zero-order chi connectivity index (χ0) is 27.8. The van der Waals surface area contributed by atoms with E-state index in [-0.39, 0.29) is 42.7 Å². The number of hydrogen-bond donors (Lipinski definition) is 2. The van der Waals surface area contributed by atoms with E-state index in [1.165, 1.54) is 23.0 Å². The molecule has 4 aromatic rings. The van der Waals surface area contributed by atoms with Gasteiger partial charge in [-0.05, 0) is 31.7 Å². The number of fused-ring (bicyclic) bond motifs is 1. The minimum absolute atomic E-state index is 0.0393. The quantitative estimate of drug-likeness (QED) is 0.282. The van der Waals surface area contributed by atoms with Gasteiger partial charge in [0.25, 0.3) is 0 Å². The van der Waals surface area contributed by atoms with Gasteiger partial charge in [-0.3, -0.25) is 4.98 Å². The van der Waals surface area contributed by atoms with Gasteiger partial charge < -0.3 is 20.3 Å². The molecule has 12 nitrogen and oxygen atoms in total. The number of rotatable bonds is 9. The van der Waals surface area contributed by atoms with Crippen molar-refractivity contribution < 1.29 is 27.8 Å². The fourth-order valence-corrected chi connectivity index (χ4v) is 6.68. The highest BCUT2D eigenvalue weighted by Crippen LogP contribution is 2.43. The molecule has 206 valence electrons. The predicted molar refractivity (Wildman–Crippen MR) is 144 cm³/mol. The van der Waals surface area contributed by atoms with Crippen LogP contribution in [-0.4, -0.2) is 76.2 Å². The van der Waals surface area contributed by atoms with Crippen molar-refractivity contribution in [2.45, 2.75) is 42.1 Å². The third-order valence-electron chi connectivity index (χ3n) is 7.00. The second-order valence-corrected chi connectivity index (χ2v) is 12.3. The Bertz CT molecular complexity index is 1590. The fourth-order valence-electron chi connectivity index (χ4n) is 5.01. The number of carboxylic acid groups (broad SMARTS) is 1. The molecule has 14 heteroatoms. The van der Waals surface area contributed by atoms with E-state index in [9.17, 15) is 18.3 Å². The Hall–Kier alpha value is -3.46. The molecule has 4 aromatic heterocycles. The monoisotopic (exact) mass is 572 g/mol. The van der Waals surface area contributed by atoms with Gasteiger partial charge >= 0.3 is 5.97 Å². The molecule has 0 bridgehead atoms.